The van der Waals surface area contributed by atoms with Crippen LogP contribution < -0.4 is 15.8 Å². The molecule has 0 aliphatic rings. The fraction of sp³-hybridized carbons (Fsp3) is 0.571. The summed E-state index contributed by atoms with van der Waals surface area (Å²) in [4.78, 5) is 0. The molecule has 1 aromatic carbocycles. The van der Waals surface area contributed by atoms with Crippen LogP contribution in [0.1, 0.15) is 20.8 Å². The van der Waals surface area contributed by atoms with Gasteiger partial charge in [-0.05, 0) is 49.6 Å². The van der Waals surface area contributed by atoms with Gasteiger partial charge in [-0.15, -0.1) is 0 Å². The first-order valence-electron chi connectivity index (χ1n) is 6.92. The molecule has 114 valence electrons. The molecule has 1 unspecified atom stereocenters. The van der Waals surface area contributed by atoms with Gasteiger partial charge in [0.25, 0.3) is 0 Å². The Morgan fingerprint density at radius 1 is 1.15 bits per heavy atom. The van der Waals surface area contributed by atoms with Crippen molar-refractivity contribution in [1.82, 2.24) is 0 Å². The summed E-state index contributed by atoms with van der Waals surface area (Å²) in [6.07, 6.45) is 0. The first-order valence-corrected chi connectivity index (χ1v) is 8.57. The second-order valence-corrected chi connectivity index (χ2v) is 7.21. The van der Waals surface area contributed by atoms with Crippen molar-refractivity contribution in [1.29, 1.82) is 0 Å². The molecule has 1 aromatic rings. The number of benzene rings is 1. The fourth-order valence-corrected chi connectivity index (χ4v) is 2.39. The molecule has 1 atom stereocenters. The third-order valence-electron chi connectivity index (χ3n) is 3.35. The summed E-state index contributed by atoms with van der Waals surface area (Å²) in [6, 6.07) is 7.23. The van der Waals surface area contributed by atoms with Gasteiger partial charge >= 0.3 is 0 Å². The molecule has 6 heteroatoms. The van der Waals surface area contributed by atoms with E-state index in [2.05, 4.69) is 23.9 Å². The van der Waals surface area contributed by atoms with Crippen LogP contribution >= 0.6 is 0 Å². The van der Waals surface area contributed by atoms with Gasteiger partial charge in [-0.3, -0.25) is 4.72 Å². The molecular weight excluding hydrogens is 274 g/mol. The van der Waals surface area contributed by atoms with Gasteiger partial charge in [0.2, 0.25) is 10.0 Å². The molecule has 0 bridgehead atoms. The van der Waals surface area contributed by atoms with Crippen LogP contribution in [0.2, 0.25) is 0 Å². The number of anilines is 2. The van der Waals surface area contributed by atoms with Crippen LogP contribution in [0.4, 0.5) is 11.4 Å². The lowest BCUT2D eigenvalue weighted by molar-refractivity contribution is 0.413. The van der Waals surface area contributed by atoms with Gasteiger partial charge in [-0.2, -0.15) is 0 Å². The van der Waals surface area contributed by atoms with Crippen LogP contribution in [-0.2, 0) is 10.0 Å². The molecule has 4 N–H and O–H groups in total. The smallest absolute Gasteiger partial charge is 0.232 e. The summed E-state index contributed by atoms with van der Waals surface area (Å²) in [6.45, 7) is 7.38. The topological polar surface area (TPSA) is 84.2 Å². The molecular formula is C14H25N3O2S. The minimum atomic E-state index is -3.21. The van der Waals surface area contributed by atoms with Crippen LogP contribution in [-0.4, -0.2) is 27.3 Å². The molecule has 5 nitrogen and oxygen atoms in total. The van der Waals surface area contributed by atoms with E-state index in [-0.39, 0.29) is 5.75 Å². The minimum absolute atomic E-state index is 0.0690. The van der Waals surface area contributed by atoms with E-state index in [1.165, 1.54) is 0 Å². The standard InChI is InChI=1S/C14H25N3O2S/c1-4-20(18,19)17-14-7-5-13(6-8-14)16-10-12(9-15)11(2)3/h5-8,11-12,16-17H,4,9-10,15H2,1-3H3. The zero-order chi connectivity index (χ0) is 15.2. The van der Waals surface area contributed by atoms with Crippen molar-refractivity contribution < 1.29 is 8.42 Å². The average molecular weight is 299 g/mol. The lowest BCUT2D eigenvalue weighted by Crippen LogP contribution is -2.27. The monoisotopic (exact) mass is 299 g/mol. The highest BCUT2D eigenvalue weighted by Crippen LogP contribution is 2.16. The molecule has 0 saturated heterocycles. The van der Waals surface area contributed by atoms with Crippen molar-refractivity contribution in [2.45, 2.75) is 20.8 Å². The van der Waals surface area contributed by atoms with Crippen LogP contribution in [0, 0.1) is 11.8 Å². The molecule has 0 amide bonds. The van der Waals surface area contributed by atoms with E-state index in [9.17, 15) is 8.42 Å². The number of hydrogen-bond donors (Lipinski definition) is 3. The molecule has 0 fully saturated rings. The number of sulfonamides is 1. The maximum atomic E-state index is 11.4. The summed E-state index contributed by atoms with van der Waals surface area (Å²) in [5.41, 5.74) is 7.27. The van der Waals surface area contributed by atoms with Crippen molar-refractivity contribution in [2.24, 2.45) is 17.6 Å². The summed E-state index contributed by atoms with van der Waals surface area (Å²) in [7, 11) is -3.21. The Morgan fingerprint density at radius 3 is 2.15 bits per heavy atom. The van der Waals surface area contributed by atoms with E-state index in [4.69, 9.17) is 5.73 Å². The Bertz CT molecular complexity index is 498. The van der Waals surface area contributed by atoms with E-state index in [1.807, 2.05) is 12.1 Å². The molecule has 0 saturated carbocycles. The second-order valence-electron chi connectivity index (χ2n) is 5.20. The normalized spacial score (nSPS) is 13.2. The molecule has 0 aliphatic heterocycles. The van der Waals surface area contributed by atoms with Crippen LogP contribution in [0.15, 0.2) is 24.3 Å². The molecule has 0 aliphatic carbocycles. The van der Waals surface area contributed by atoms with Gasteiger partial charge in [0.05, 0.1) is 5.75 Å². The van der Waals surface area contributed by atoms with E-state index in [0.29, 0.717) is 24.1 Å². The van der Waals surface area contributed by atoms with E-state index in [1.54, 1.807) is 19.1 Å². The van der Waals surface area contributed by atoms with E-state index >= 15 is 0 Å². The highest BCUT2D eigenvalue weighted by Gasteiger charge is 2.11. The van der Waals surface area contributed by atoms with Crippen LogP contribution in [0.3, 0.4) is 0 Å². The summed E-state index contributed by atoms with van der Waals surface area (Å²) in [5, 5.41) is 3.32. The Morgan fingerprint density at radius 2 is 1.70 bits per heavy atom. The number of rotatable bonds is 8. The van der Waals surface area contributed by atoms with Crippen molar-refractivity contribution >= 4 is 21.4 Å². The lowest BCUT2D eigenvalue weighted by Gasteiger charge is -2.20. The molecule has 20 heavy (non-hydrogen) atoms. The first-order chi connectivity index (χ1) is 9.38. The van der Waals surface area contributed by atoms with Crippen molar-refractivity contribution in [3.8, 4) is 0 Å². The van der Waals surface area contributed by atoms with Crippen LogP contribution in [0.5, 0.6) is 0 Å². The molecule has 0 heterocycles. The van der Waals surface area contributed by atoms with Crippen molar-refractivity contribution in [2.75, 3.05) is 28.9 Å². The van der Waals surface area contributed by atoms with Gasteiger partial charge in [-0.25, -0.2) is 8.42 Å². The zero-order valence-corrected chi connectivity index (χ0v) is 13.2. The first kappa shape index (κ1) is 16.8. The SMILES string of the molecule is CCS(=O)(=O)Nc1ccc(NCC(CN)C(C)C)cc1. The average Bonchev–Trinajstić information content (AvgIpc) is 2.40. The molecule has 0 radical (unpaired) electrons. The number of nitrogens with two attached hydrogens (primary N) is 1. The number of nitrogens with one attached hydrogen (secondary N) is 2. The quantitative estimate of drug-likeness (QED) is 0.686. The predicted molar refractivity (Wildman–Crippen MR) is 85.4 cm³/mol. The predicted octanol–water partition coefficient (Wildman–Crippen LogP) is 2.09. The largest absolute Gasteiger partial charge is 0.385 e. The third-order valence-corrected chi connectivity index (χ3v) is 4.66. The third kappa shape index (κ3) is 5.38. The van der Waals surface area contributed by atoms with E-state index in [0.717, 1.165) is 12.2 Å². The van der Waals surface area contributed by atoms with Gasteiger partial charge in [0.1, 0.15) is 0 Å². The summed E-state index contributed by atoms with van der Waals surface area (Å²) in [5.74, 6) is 1.02. The van der Waals surface area contributed by atoms with Crippen LogP contribution in [0.25, 0.3) is 0 Å². The molecule has 0 aromatic heterocycles. The summed E-state index contributed by atoms with van der Waals surface area (Å²) < 4.78 is 25.4. The maximum absolute atomic E-state index is 11.4. The van der Waals surface area contributed by atoms with Gasteiger partial charge in [0.15, 0.2) is 0 Å². The van der Waals surface area contributed by atoms with E-state index < -0.39 is 10.0 Å². The lowest BCUT2D eigenvalue weighted by atomic mass is 9.96. The van der Waals surface area contributed by atoms with Gasteiger partial charge in [0, 0.05) is 17.9 Å². The van der Waals surface area contributed by atoms with Gasteiger partial charge in [-0.1, -0.05) is 13.8 Å². The fourth-order valence-electron chi connectivity index (χ4n) is 1.75. The minimum Gasteiger partial charge on any atom is -0.385 e. The Labute approximate surface area is 122 Å². The molecule has 1 rings (SSSR count). The van der Waals surface area contributed by atoms with Crippen molar-refractivity contribution in [3.05, 3.63) is 24.3 Å². The number of hydrogen-bond acceptors (Lipinski definition) is 4. The Kier molecular flexibility index (Phi) is 6.29. The Balaban J connectivity index is 2.59. The second kappa shape index (κ2) is 7.50. The summed E-state index contributed by atoms with van der Waals surface area (Å²) >= 11 is 0. The van der Waals surface area contributed by atoms with Gasteiger partial charge < -0.3 is 11.1 Å². The highest BCUT2D eigenvalue weighted by atomic mass is 32.2. The maximum Gasteiger partial charge on any atom is 0.232 e. The Hall–Kier alpha value is -1.27. The zero-order valence-electron chi connectivity index (χ0n) is 12.4. The van der Waals surface area contributed by atoms with Crippen molar-refractivity contribution in [3.63, 3.8) is 0 Å². The molecule has 0 spiro atoms. The highest BCUT2D eigenvalue weighted by molar-refractivity contribution is 7.92.